The number of nitriles is 1. The summed E-state index contributed by atoms with van der Waals surface area (Å²) < 4.78 is 5.56. The Kier molecular flexibility index (Phi) is 7.56. The van der Waals surface area contributed by atoms with Crippen LogP contribution in [0.2, 0.25) is 0 Å². The molecule has 0 saturated carbocycles. The lowest BCUT2D eigenvalue weighted by molar-refractivity contribution is 0.0205. The lowest BCUT2D eigenvalue weighted by Crippen LogP contribution is -2.45. The van der Waals surface area contributed by atoms with Gasteiger partial charge in [0, 0.05) is 20.2 Å². The van der Waals surface area contributed by atoms with E-state index in [1.807, 2.05) is 25.1 Å². The number of methoxy groups -OCH3 is 1. The van der Waals surface area contributed by atoms with Crippen molar-refractivity contribution < 1.29 is 4.74 Å². The maximum absolute atomic E-state index is 8.95. The summed E-state index contributed by atoms with van der Waals surface area (Å²) in [5.41, 5.74) is 1.73. The molecule has 0 radical (unpaired) electrons. The fourth-order valence-electron chi connectivity index (χ4n) is 2.18. The number of nitrogens with one attached hydrogen (secondary N) is 2. The topological polar surface area (TPSA) is 69.4 Å². The number of aliphatic imine (C=N–C) groups is 1. The van der Waals surface area contributed by atoms with Crippen molar-refractivity contribution in [3.05, 3.63) is 35.4 Å². The quantitative estimate of drug-likeness (QED) is 0.625. The van der Waals surface area contributed by atoms with E-state index in [-0.39, 0.29) is 11.5 Å². The maximum Gasteiger partial charge on any atom is 0.191 e. The van der Waals surface area contributed by atoms with E-state index in [9.17, 15) is 0 Å². The lowest BCUT2D eigenvalue weighted by atomic mass is 9.89. The van der Waals surface area contributed by atoms with E-state index in [1.54, 1.807) is 13.2 Å². The third-order valence-electron chi connectivity index (χ3n) is 3.53. The normalized spacial score (nSPS) is 13.3. The molecule has 0 heterocycles. The second-order valence-corrected chi connectivity index (χ2v) is 6.48. The molecule has 0 amide bonds. The van der Waals surface area contributed by atoms with Gasteiger partial charge in [-0.25, -0.2) is 4.99 Å². The molecule has 0 spiro atoms. The summed E-state index contributed by atoms with van der Waals surface area (Å²) in [6.07, 6.45) is 0.0910. The molecule has 0 saturated heterocycles. The Bertz CT molecular complexity index is 555. The van der Waals surface area contributed by atoms with Crippen LogP contribution >= 0.6 is 0 Å². The minimum Gasteiger partial charge on any atom is -0.379 e. The fraction of sp³-hybridized carbons (Fsp3) is 0.556. The standard InChI is InChI=1S/C18H28N4O/c1-6-20-17(22-13-16(23-5)18(2,3)4)21-12-15-9-7-8-14(10-15)11-19/h7-10,16H,6,12-13H2,1-5H3,(H2,20,21,22). The van der Waals surface area contributed by atoms with E-state index >= 15 is 0 Å². The highest BCUT2D eigenvalue weighted by atomic mass is 16.5. The molecule has 0 bridgehead atoms. The number of guanidine groups is 1. The van der Waals surface area contributed by atoms with Crippen LogP contribution < -0.4 is 10.6 Å². The largest absolute Gasteiger partial charge is 0.379 e. The molecule has 1 atom stereocenters. The van der Waals surface area contributed by atoms with E-state index in [2.05, 4.69) is 42.5 Å². The van der Waals surface area contributed by atoms with Gasteiger partial charge in [-0.2, -0.15) is 5.26 Å². The van der Waals surface area contributed by atoms with Gasteiger partial charge in [0.25, 0.3) is 0 Å². The summed E-state index contributed by atoms with van der Waals surface area (Å²) in [6.45, 7) is 10.5. The number of ether oxygens (including phenoxy) is 1. The van der Waals surface area contributed by atoms with Gasteiger partial charge >= 0.3 is 0 Å². The summed E-state index contributed by atoms with van der Waals surface area (Å²) in [5.74, 6) is 0.751. The second kappa shape index (κ2) is 9.16. The summed E-state index contributed by atoms with van der Waals surface area (Å²) in [5, 5.41) is 15.5. The van der Waals surface area contributed by atoms with Gasteiger partial charge in [0.05, 0.1) is 24.3 Å². The zero-order valence-electron chi connectivity index (χ0n) is 14.8. The van der Waals surface area contributed by atoms with Crippen LogP contribution in [0.3, 0.4) is 0 Å². The average molecular weight is 316 g/mol. The molecule has 5 heteroatoms. The van der Waals surface area contributed by atoms with Gasteiger partial charge < -0.3 is 15.4 Å². The Balaban J connectivity index is 2.71. The van der Waals surface area contributed by atoms with Gasteiger partial charge in [-0.3, -0.25) is 0 Å². The fourth-order valence-corrected chi connectivity index (χ4v) is 2.18. The van der Waals surface area contributed by atoms with Crippen molar-refractivity contribution >= 4 is 5.96 Å². The third-order valence-corrected chi connectivity index (χ3v) is 3.53. The molecular weight excluding hydrogens is 288 g/mol. The van der Waals surface area contributed by atoms with Crippen molar-refractivity contribution in [2.75, 3.05) is 20.2 Å². The summed E-state index contributed by atoms with van der Waals surface area (Å²) in [7, 11) is 1.73. The smallest absolute Gasteiger partial charge is 0.191 e. The first kappa shape index (κ1) is 19.0. The van der Waals surface area contributed by atoms with Crippen molar-refractivity contribution in [3.8, 4) is 6.07 Å². The number of rotatable bonds is 6. The second-order valence-electron chi connectivity index (χ2n) is 6.48. The van der Waals surface area contributed by atoms with E-state index in [1.165, 1.54) is 0 Å². The van der Waals surface area contributed by atoms with Crippen LogP contribution in [0, 0.1) is 16.7 Å². The highest BCUT2D eigenvalue weighted by Crippen LogP contribution is 2.20. The first-order chi connectivity index (χ1) is 10.9. The molecule has 0 aromatic heterocycles. The molecule has 1 unspecified atom stereocenters. The van der Waals surface area contributed by atoms with Crippen LogP contribution in [0.1, 0.15) is 38.8 Å². The van der Waals surface area contributed by atoms with Crippen LogP contribution in [0.15, 0.2) is 29.3 Å². The lowest BCUT2D eigenvalue weighted by Gasteiger charge is -2.30. The molecule has 5 nitrogen and oxygen atoms in total. The van der Waals surface area contributed by atoms with E-state index < -0.39 is 0 Å². The van der Waals surface area contributed by atoms with Crippen LogP contribution in [0.25, 0.3) is 0 Å². The minimum atomic E-state index is 0.0558. The summed E-state index contributed by atoms with van der Waals surface area (Å²) in [4.78, 5) is 4.58. The van der Waals surface area contributed by atoms with Gasteiger partial charge in [-0.15, -0.1) is 0 Å². The summed E-state index contributed by atoms with van der Waals surface area (Å²) >= 11 is 0. The van der Waals surface area contributed by atoms with Crippen LogP contribution in [0.4, 0.5) is 0 Å². The Morgan fingerprint density at radius 3 is 2.65 bits per heavy atom. The first-order valence-electron chi connectivity index (χ1n) is 7.94. The molecule has 0 fully saturated rings. The monoisotopic (exact) mass is 316 g/mol. The van der Waals surface area contributed by atoms with E-state index in [4.69, 9.17) is 10.00 Å². The molecular formula is C18H28N4O. The van der Waals surface area contributed by atoms with Crippen molar-refractivity contribution in [3.63, 3.8) is 0 Å². The molecule has 0 aliphatic heterocycles. The number of hydrogen-bond acceptors (Lipinski definition) is 3. The van der Waals surface area contributed by atoms with Crippen LogP contribution in [0.5, 0.6) is 0 Å². The predicted octanol–water partition coefficient (Wildman–Crippen LogP) is 2.67. The van der Waals surface area contributed by atoms with Gasteiger partial charge in [-0.05, 0) is 30.0 Å². The van der Waals surface area contributed by atoms with Gasteiger partial charge in [0.1, 0.15) is 0 Å². The van der Waals surface area contributed by atoms with E-state index in [0.29, 0.717) is 18.7 Å². The Morgan fingerprint density at radius 2 is 2.09 bits per heavy atom. The molecule has 23 heavy (non-hydrogen) atoms. The third kappa shape index (κ3) is 6.70. The maximum atomic E-state index is 8.95. The van der Waals surface area contributed by atoms with Crippen molar-refractivity contribution in [2.24, 2.45) is 10.4 Å². The van der Waals surface area contributed by atoms with Crippen LogP contribution in [-0.2, 0) is 11.3 Å². The summed E-state index contributed by atoms with van der Waals surface area (Å²) in [6, 6.07) is 9.66. The zero-order valence-corrected chi connectivity index (χ0v) is 14.8. The predicted molar refractivity (Wildman–Crippen MR) is 94.2 cm³/mol. The Morgan fingerprint density at radius 1 is 1.35 bits per heavy atom. The van der Waals surface area contributed by atoms with Crippen molar-refractivity contribution in [1.82, 2.24) is 10.6 Å². The highest BCUT2D eigenvalue weighted by molar-refractivity contribution is 5.79. The molecule has 2 N–H and O–H groups in total. The molecule has 126 valence electrons. The number of benzene rings is 1. The van der Waals surface area contributed by atoms with Crippen molar-refractivity contribution in [2.45, 2.75) is 40.3 Å². The molecule has 1 rings (SSSR count). The van der Waals surface area contributed by atoms with Crippen molar-refractivity contribution in [1.29, 1.82) is 5.26 Å². The number of hydrogen-bond donors (Lipinski definition) is 2. The zero-order chi connectivity index (χ0) is 17.3. The SMILES string of the molecule is CCNC(=NCc1cccc(C#N)c1)NCC(OC)C(C)(C)C. The highest BCUT2D eigenvalue weighted by Gasteiger charge is 2.24. The molecule has 0 aliphatic carbocycles. The Hall–Kier alpha value is -2.06. The molecule has 1 aromatic rings. The van der Waals surface area contributed by atoms with Gasteiger partial charge in [0.15, 0.2) is 5.96 Å². The van der Waals surface area contributed by atoms with Crippen LogP contribution in [-0.4, -0.2) is 32.3 Å². The minimum absolute atomic E-state index is 0.0558. The Labute approximate surface area is 139 Å². The van der Waals surface area contributed by atoms with Gasteiger partial charge in [0.2, 0.25) is 0 Å². The molecule has 1 aromatic carbocycles. The van der Waals surface area contributed by atoms with Gasteiger partial charge in [-0.1, -0.05) is 32.9 Å². The van der Waals surface area contributed by atoms with E-state index in [0.717, 1.165) is 18.1 Å². The average Bonchev–Trinajstić information content (AvgIpc) is 2.52. The molecule has 0 aliphatic rings. The first-order valence-corrected chi connectivity index (χ1v) is 7.94. The number of nitrogens with zero attached hydrogens (tertiary/aromatic N) is 2.